The molecule has 3 atom stereocenters. The first-order valence-corrected chi connectivity index (χ1v) is 11.8. The smallest absolute Gasteiger partial charge is 0.179 e. The van der Waals surface area contributed by atoms with Gasteiger partial charge in [0.1, 0.15) is 19.0 Å². The van der Waals surface area contributed by atoms with Gasteiger partial charge in [0.15, 0.2) is 17.7 Å². The molecule has 1 aromatic heterocycles. The highest BCUT2D eigenvalue weighted by Gasteiger charge is 2.28. The van der Waals surface area contributed by atoms with Crippen LogP contribution >= 0.6 is 0 Å². The molecule has 0 saturated carbocycles. The summed E-state index contributed by atoms with van der Waals surface area (Å²) >= 11 is 0. The fraction of sp³-hybridized carbons (Fsp3) is 0.500. The fourth-order valence-electron chi connectivity index (χ4n) is 4.72. The van der Waals surface area contributed by atoms with Gasteiger partial charge in [0, 0.05) is 44.8 Å². The summed E-state index contributed by atoms with van der Waals surface area (Å²) in [5, 5.41) is 13.9. The molecular weight excluding hydrogens is 439 g/mol. The zero-order chi connectivity index (χ0) is 23.5. The lowest BCUT2D eigenvalue weighted by atomic mass is 9.92. The van der Waals surface area contributed by atoms with Gasteiger partial charge in [-0.2, -0.15) is 0 Å². The fourth-order valence-corrected chi connectivity index (χ4v) is 4.72. The Morgan fingerprint density at radius 3 is 2.91 bits per heavy atom. The number of hydrogen-bond acceptors (Lipinski definition) is 9. The van der Waals surface area contributed by atoms with Crippen molar-refractivity contribution in [3.8, 4) is 11.5 Å². The van der Waals surface area contributed by atoms with Crippen molar-refractivity contribution in [2.75, 3.05) is 50.8 Å². The van der Waals surface area contributed by atoms with E-state index >= 15 is 0 Å². The van der Waals surface area contributed by atoms with Crippen molar-refractivity contribution < 1.29 is 19.0 Å². The van der Waals surface area contributed by atoms with Crippen LogP contribution in [0.4, 0.5) is 15.8 Å². The van der Waals surface area contributed by atoms with Gasteiger partial charge in [-0.25, -0.2) is 4.39 Å². The molecule has 3 unspecified atom stereocenters. The molecule has 1 saturated heterocycles. The summed E-state index contributed by atoms with van der Waals surface area (Å²) < 4.78 is 25.0. The summed E-state index contributed by atoms with van der Waals surface area (Å²) in [7, 11) is 0. The molecule has 5 rings (SSSR count). The first-order chi connectivity index (χ1) is 16.6. The molecule has 4 N–H and O–H groups in total. The number of hydrogen-bond donors (Lipinski definition) is 3. The van der Waals surface area contributed by atoms with Gasteiger partial charge < -0.3 is 35.4 Å². The van der Waals surface area contributed by atoms with Crippen molar-refractivity contribution in [3.05, 3.63) is 42.0 Å². The van der Waals surface area contributed by atoms with Crippen LogP contribution in [-0.2, 0) is 6.54 Å². The van der Waals surface area contributed by atoms with E-state index in [1.165, 1.54) is 18.3 Å². The number of ether oxygens (including phenoxy) is 2. The number of pyridine rings is 1. The van der Waals surface area contributed by atoms with Crippen molar-refractivity contribution >= 4 is 17.6 Å². The molecule has 0 radical (unpaired) electrons. The number of aliphatic hydroxyl groups excluding tert-OH is 1. The third-order valence-corrected chi connectivity index (χ3v) is 6.65. The number of aromatic nitrogens is 1. The summed E-state index contributed by atoms with van der Waals surface area (Å²) in [4.78, 5) is 12.8. The van der Waals surface area contributed by atoms with Gasteiger partial charge in [-0.3, -0.25) is 9.98 Å². The van der Waals surface area contributed by atoms with E-state index in [1.54, 1.807) is 17.2 Å². The number of piperidine rings is 1. The van der Waals surface area contributed by atoms with E-state index in [2.05, 4.69) is 20.2 Å². The molecule has 4 heterocycles. The Kier molecular flexibility index (Phi) is 6.91. The van der Waals surface area contributed by atoms with E-state index in [1.807, 2.05) is 6.07 Å². The summed E-state index contributed by atoms with van der Waals surface area (Å²) in [5.41, 5.74) is 8.61. The molecule has 10 heteroatoms. The number of anilines is 1. The van der Waals surface area contributed by atoms with Gasteiger partial charge in [-0.1, -0.05) is 0 Å². The number of likely N-dealkylation sites (tertiary alicyclic amines) is 1. The van der Waals surface area contributed by atoms with E-state index in [0.29, 0.717) is 49.3 Å². The number of fused-ring (bicyclic) bond motifs is 2. The van der Waals surface area contributed by atoms with E-state index in [-0.39, 0.29) is 11.9 Å². The molecule has 3 aliphatic rings. The molecule has 182 valence electrons. The molecule has 0 aliphatic carbocycles. The molecular formula is C24H31FN6O3. The molecule has 1 aromatic carbocycles. The molecule has 0 amide bonds. The highest BCUT2D eigenvalue weighted by Crippen LogP contribution is 2.33. The Balaban J connectivity index is 1.13. The SMILES string of the molecule is NC1CCN(CCN2c3cc(F)ccc3N=CC2O)CC1CNCc1cc2c(cn1)OCCO2. The lowest BCUT2D eigenvalue weighted by Gasteiger charge is -2.39. The van der Waals surface area contributed by atoms with Crippen LogP contribution < -0.4 is 25.4 Å². The highest BCUT2D eigenvalue weighted by molar-refractivity contribution is 5.83. The quantitative estimate of drug-likeness (QED) is 0.555. The Morgan fingerprint density at radius 1 is 1.18 bits per heavy atom. The Labute approximate surface area is 198 Å². The number of aliphatic hydroxyl groups is 1. The third-order valence-electron chi connectivity index (χ3n) is 6.65. The second-order valence-corrected chi connectivity index (χ2v) is 8.98. The standard InChI is InChI=1S/C24H31FN6O3/c25-17-1-2-20-21(9-17)31(24(32)14-29-20)6-5-30-4-3-19(26)16(15-30)11-27-12-18-10-22-23(13-28-18)34-8-7-33-22/h1-2,9-10,13-14,16,19,24,27,32H,3-8,11-12,15,26H2. The predicted octanol–water partition coefficient (Wildman–Crippen LogP) is 1.27. The first-order valence-electron chi connectivity index (χ1n) is 11.8. The predicted molar refractivity (Wildman–Crippen MR) is 127 cm³/mol. The Hall–Kier alpha value is -2.79. The van der Waals surface area contributed by atoms with Crippen molar-refractivity contribution in [2.24, 2.45) is 16.6 Å². The molecule has 2 aromatic rings. The van der Waals surface area contributed by atoms with Crippen LogP contribution in [0.25, 0.3) is 0 Å². The number of nitrogens with one attached hydrogen (secondary N) is 1. The van der Waals surface area contributed by atoms with E-state index in [9.17, 15) is 9.50 Å². The number of rotatable bonds is 7. The van der Waals surface area contributed by atoms with Gasteiger partial charge in [0.25, 0.3) is 0 Å². The van der Waals surface area contributed by atoms with Gasteiger partial charge in [0.2, 0.25) is 0 Å². The lowest BCUT2D eigenvalue weighted by Crippen LogP contribution is -2.52. The van der Waals surface area contributed by atoms with Crippen LogP contribution in [0.15, 0.2) is 35.5 Å². The summed E-state index contributed by atoms with van der Waals surface area (Å²) in [6, 6.07) is 6.50. The van der Waals surface area contributed by atoms with E-state index in [4.69, 9.17) is 15.2 Å². The van der Waals surface area contributed by atoms with Gasteiger partial charge in [-0.15, -0.1) is 0 Å². The van der Waals surface area contributed by atoms with Crippen molar-refractivity contribution in [2.45, 2.75) is 25.2 Å². The van der Waals surface area contributed by atoms with Gasteiger partial charge >= 0.3 is 0 Å². The number of halogens is 1. The second kappa shape index (κ2) is 10.2. The van der Waals surface area contributed by atoms with Crippen LogP contribution in [0, 0.1) is 11.7 Å². The number of nitrogens with zero attached hydrogens (tertiary/aromatic N) is 4. The third kappa shape index (κ3) is 5.15. The minimum absolute atomic E-state index is 0.125. The highest BCUT2D eigenvalue weighted by atomic mass is 19.1. The molecule has 0 spiro atoms. The maximum absolute atomic E-state index is 13.8. The average Bonchev–Trinajstić information content (AvgIpc) is 2.85. The normalized spacial score (nSPS) is 24.2. The first kappa shape index (κ1) is 23.0. The lowest BCUT2D eigenvalue weighted by molar-refractivity contribution is 0.150. The minimum Gasteiger partial charge on any atom is -0.486 e. The van der Waals surface area contributed by atoms with Gasteiger partial charge in [-0.05, 0) is 37.1 Å². The summed E-state index contributed by atoms with van der Waals surface area (Å²) in [6.45, 7) is 5.58. The van der Waals surface area contributed by atoms with Crippen LogP contribution in [0.5, 0.6) is 11.5 Å². The number of benzene rings is 1. The summed E-state index contributed by atoms with van der Waals surface area (Å²) in [6.07, 6.45) is 3.25. The molecule has 0 bridgehead atoms. The van der Waals surface area contributed by atoms with Crippen LogP contribution in [0.1, 0.15) is 12.1 Å². The second-order valence-electron chi connectivity index (χ2n) is 8.98. The molecule has 3 aliphatic heterocycles. The van der Waals surface area contributed by atoms with E-state index < -0.39 is 6.23 Å². The number of nitrogens with two attached hydrogens (primary N) is 1. The monoisotopic (exact) mass is 470 g/mol. The maximum Gasteiger partial charge on any atom is 0.179 e. The molecule has 9 nitrogen and oxygen atoms in total. The molecule has 1 fully saturated rings. The largest absolute Gasteiger partial charge is 0.486 e. The topological polar surface area (TPSA) is 108 Å². The van der Waals surface area contributed by atoms with Crippen LogP contribution in [-0.4, -0.2) is 79.4 Å². The Morgan fingerprint density at radius 2 is 2.03 bits per heavy atom. The van der Waals surface area contributed by atoms with Crippen molar-refractivity contribution in [3.63, 3.8) is 0 Å². The molecule has 34 heavy (non-hydrogen) atoms. The average molecular weight is 471 g/mol. The maximum atomic E-state index is 13.8. The zero-order valence-corrected chi connectivity index (χ0v) is 19.1. The van der Waals surface area contributed by atoms with Crippen molar-refractivity contribution in [1.82, 2.24) is 15.2 Å². The zero-order valence-electron chi connectivity index (χ0n) is 19.1. The van der Waals surface area contributed by atoms with Crippen LogP contribution in [0.3, 0.4) is 0 Å². The van der Waals surface area contributed by atoms with E-state index in [0.717, 1.165) is 44.0 Å². The minimum atomic E-state index is -0.864. The van der Waals surface area contributed by atoms with Crippen molar-refractivity contribution in [1.29, 1.82) is 0 Å². The number of aliphatic imine (C=N–C) groups is 1. The van der Waals surface area contributed by atoms with Crippen LogP contribution in [0.2, 0.25) is 0 Å². The Bertz CT molecular complexity index is 1040. The van der Waals surface area contributed by atoms with Gasteiger partial charge in [0.05, 0.1) is 29.5 Å². The summed E-state index contributed by atoms with van der Waals surface area (Å²) in [5.74, 6) is 1.39.